The van der Waals surface area contributed by atoms with Gasteiger partial charge in [-0.1, -0.05) is 30.3 Å². The summed E-state index contributed by atoms with van der Waals surface area (Å²) < 4.78 is 17.3. The van der Waals surface area contributed by atoms with Gasteiger partial charge in [0, 0.05) is 17.5 Å². The van der Waals surface area contributed by atoms with Crippen LogP contribution in [0, 0.1) is 0 Å². The van der Waals surface area contributed by atoms with Crippen LogP contribution in [-0.4, -0.2) is 36.8 Å². The molecule has 0 saturated carbocycles. The third-order valence-corrected chi connectivity index (χ3v) is 6.06. The molecule has 2 aromatic heterocycles. The zero-order valence-corrected chi connectivity index (χ0v) is 19.3. The fraction of sp³-hybridized carbons (Fsp3) is 0.208. The standard InChI is InChI=1S/C24H23N3O5S/c1-30-18-9-15(10-19(31-2)22(18)32-3)11-25-20(28)12-27-14-26-23-21(24(27)29)17(13-33-23)16-7-5-4-6-8-16/h4-10,13-14H,11-12H2,1-3H3,(H,25,28). The third kappa shape index (κ3) is 4.54. The number of carbonyl (C=O) groups is 1. The van der Waals surface area contributed by atoms with Gasteiger partial charge in [0.25, 0.3) is 5.56 Å². The highest BCUT2D eigenvalue weighted by atomic mass is 32.1. The van der Waals surface area contributed by atoms with Gasteiger partial charge in [-0.2, -0.15) is 0 Å². The minimum absolute atomic E-state index is 0.143. The van der Waals surface area contributed by atoms with Crippen LogP contribution >= 0.6 is 11.3 Å². The molecule has 0 aliphatic heterocycles. The molecule has 4 rings (SSSR count). The molecule has 0 unspecified atom stereocenters. The maximum Gasteiger partial charge on any atom is 0.263 e. The van der Waals surface area contributed by atoms with Crippen LogP contribution in [0.4, 0.5) is 0 Å². The van der Waals surface area contributed by atoms with E-state index in [-0.39, 0.29) is 24.6 Å². The van der Waals surface area contributed by atoms with Gasteiger partial charge in [-0.25, -0.2) is 4.98 Å². The molecule has 2 heterocycles. The molecule has 33 heavy (non-hydrogen) atoms. The van der Waals surface area contributed by atoms with Crippen LogP contribution in [0.5, 0.6) is 17.2 Å². The lowest BCUT2D eigenvalue weighted by molar-refractivity contribution is -0.121. The Hall–Kier alpha value is -3.85. The van der Waals surface area contributed by atoms with Gasteiger partial charge in [-0.3, -0.25) is 14.2 Å². The normalized spacial score (nSPS) is 10.8. The lowest BCUT2D eigenvalue weighted by Crippen LogP contribution is -2.32. The molecule has 4 aromatic rings. The minimum atomic E-state index is -0.316. The van der Waals surface area contributed by atoms with Gasteiger partial charge in [0.05, 0.1) is 33.0 Å². The average molecular weight is 466 g/mol. The molecule has 2 aromatic carbocycles. The van der Waals surface area contributed by atoms with Crippen molar-refractivity contribution in [3.05, 3.63) is 70.1 Å². The predicted molar refractivity (Wildman–Crippen MR) is 127 cm³/mol. The SMILES string of the molecule is COc1cc(CNC(=O)Cn2cnc3scc(-c4ccccc4)c3c2=O)cc(OC)c1OC. The van der Waals surface area contributed by atoms with E-state index in [9.17, 15) is 9.59 Å². The number of hydrogen-bond acceptors (Lipinski definition) is 7. The largest absolute Gasteiger partial charge is 0.493 e. The number of aromatic nitrogens is 2. The summed E-state index contributed by atoms with van der Waals surface area (Å²) in [5.74, 6) is 1.16. The Balaban J connectivity index is 1.53. The highest BCUT2D eigenvalue weighted by Crippen LogP contribution is 2.38. The molecule has 1 N–H and O–H groups in total. The number of nitrogens with one attached hydrogen (secondary N) is 1. The first-order valence-corrected chi connectivity index (χ1v) is 11.0. The fourth-order valence-electron chi connectivity index (χ4n) is 3.56. The molecular formula is C24H23N3O5S. The van der Waals surface area contributed by atoms with E-state index in [2.05, 4.69) is 10.3 Å². The first-order valence-electron chi connectivity index (χ1n) is 10.1. The van der Waals surface area contributed by atoms with Crippen LogP contribution in [0.2, 0.25) is 0 Å². The van der Waals surface area contributed by atoms with E-state index < -0.39 is 0 Å². The number of carbonyl (C=O) groups excluding carboxylic acids is 1. The van der Waals surface area contributed by atoms with E-state index in [1.54, 1.807) is 12.1 Å². The Bertz CT molecular complexity index is 1320. The van der Waals surface area contributed by atoms with Crippen molar-refractivity contribution in [1.29, 1.82) is 0 Å². The van der Waals surface area contributed by atoms with Gasteiger partial charge in [0.2, 0.25) is 11.7 Å². The zero-order chi connectivity index (χ0) is 23.4. The van der Waals surface area contributed by atoms with Crippen LogP contribution in [0.1, 0.15) is 5.56 Å². The highest BCUT2D eigenvalue weighted by Gasteiger charge is 2.16. The Labute approximate surface area is 194 Å². The van der Waals surface area contributed by atoms with Crippen molar-refractivity contribution < 1.29 is 19.0 Å². The van der Waals surface area contributed by atoms with Crippen LogP contribution in [0.3, 0.4) is 0 Å². The number of methoxy groups -OCH3 is 3. The maximum absolute atomic E-state index is 13.1. The molecular weight excluding hydrogens is 442 g/mol. The van der Waals surface area contributed by atoms with Crippen molar-refractivity contribution in [3.63, 3.8) is 0 Å². The Morgan fingerprint density at radius 2 is 1.76 bits per heavy atom. The lowest BCUT2D eigenvalue weighted by atomic mass is 10.1. The Morgan fingerprint density at radius 3 is 2.39 bits per heavy atom. The number of thiophene rings is 1. The molecule has 170 valence electrons. The van der Waals surface area contributed by atoms with Gasteiger partial charge in [-0.05, 0) is 23.3 Å². The van der Waals surface area contributed by atoms with Crippen molar-refractivity contribution in [2.45, 2.75) is 13.1 Å². The van der Waals surface area contributed by atoms with Gasteiger partial charge < -0.3 is 19.5 Å². The first kappa shape index (κ1) is 22.3. The molecule has 1 amide bonds. The van der Waals surface area contributed by atoms with E-state index in [0.29, 0.717) is 27.5 Å². The van der Waals surface area contributed by atoms with Gasteiger partial charge in [0.1, 0.15) is 11.4 Å². The summed E-state index contributed by atoms with van der Waals surface area (Å²) in [4.78, 5) is 30.8. The molecule has 0 spiro atoms. The van der Waals surface area contributed by atoms with Gasteiger partial charge >= 0.3 is 0 Å². The summed E-state index contributed by atoms with van der Waals surface area (Å²) >= 11 is 1.41. The van der Waals surface area contributed by atoms with Crippen molar-refractivity contribution in [1.82, 2.24) is 14.9 Å². The summed E-state index contributed by atoms with van der Waals surface area (Å²) in [6.45, 7) is 0.0873. The summed E-state index contributed by atoms with van der Waals surface area (Å²) in [6.07, 6.45) is 1.41. The topological polar surface area (TPSA) is 91.7 Å². The molecule has 0 radical (unpaired) electrons. The number of rotatable bonds is 8. The molecule has 0 fully saturated rings. The summed E-state index contributed by atoms with van der Waals surface area (Å²) in [7, 11) is 4.59. The maximum atomic E-state index is 13.1. The molecule has 0 bridgehead atoms. The van der Waals surface area contributed by atoms with E-state index in [0.717, 1.165) is 16.7 Å². The van der Waals surface area contributed by atoms with Crippen molar-refractivity contribution in [2.24, 2.45) is 0 Å². The van der Waals surface area contributed by atoms with Crippen LogP contribution in [0.25, 0.3) is 21.3 Å². The molecule has 0 saturated heterocycles. The third-order valence-electron chi connectivity index (χ3n) is 5.17. The number of benzene rings is 2. The van der Waals surface area contributed by atoms with Crippen molar-refractivity contribution >= 4 is 27.5 Å². The first-order chi connectivity index (χ1) is 16.0. The second kappa shape index (κ2) is 9.74. The van der Waals surface area contributed by atoms with Crippen LogP contribution in [0.15, 0.2) is 59.0 Å². The smallest absolute Gasteiger partial charge is 0.263 e. The van der Waals surface area contributed by atoms with E-state index in [1.807, 2.05) is 35.7 Å². The molecule has 0 atom stereocenters. The lowest BCUT2D eigenvalue weighted by Gasteiger charge is -2.14. The second-order valence-electron chi connectivity index (χ2n) is 7.18. The molecule has 9 heteroatoms. The zero-order valence-electron chi connectivity index (χ0n) is 18.5. The highest BCUT2D eigenvalue weighted by molar-refractivity contribution is 7.17. The van der Waals surface area contributed by atoms with E-state index in [1.165, 1.54) is 43.6 Å². The number of nitrogens with zero attached hydrogens (tertiary/aromatic N) is 2. The van der Waals surface area contributed by atoms with Crippen molar-refractivity contribution in [2.75, 3.05) is 21.3 Å². The molecule has 0 aliphatic carbocycles. The van der Waals surface area contributed by atoms with E-state index >= 15 is 0 Å². The van der Waals surface area contributed by atoms with Crippen molar-refractivity contribution in [3.8, 4) is 28.4 Å². The summed E-state index contributed by atoms with van der Waals surface area (Å²) in [5.41, 5.74) is 2.28. The van der Waals surface area contributed by atoms with Crippen LogP contribution < -0.4 is 25.1 Å². The quantitative estimate of drug-likeness (QED) is 0.429. The predicted octanol–water partition coefficient (Wildman–Crippen LogP) is 3.47. The second-order valence-corrected chi connectivity index (χ2v) is 8.04. The van der Waals surface area contributed by atoms with E-state index in [4.69, 9.17) is 14.2 Å². The Kier molecular flexibility index (Phi) is 6.60. The molecule has 0 aliphatic rings. The monoisotopic (exact) mass is 465 g/mol. The average Bonchev–Trinajstić information content (AvgIpc) is 3.29. The van der Waals surface area contributed by atoms with Gasteiger partial charge in [0.15, 0.2) is 11.5 Å². The number of hydrogen-bond donors (Lipinski definition) is 1. The Morgan fingerprint density at radius 1 is 1.06 bits per heavy atom. The number of amides is 1. The van der Waals surface area contributed by atoms with Gasteiger partial charge in [-0.15, -0.1) is 11.3 Å². The minimum Gasteiger partial charge on any atom is -0.493 e. The number of ether oxygens (including phenoxy) is 3. The summed E-state index contributed by atoms with van der Waals surface area (Å²) in [6, 6.07) is 13.2. The fourth-order valence-corrected chi connectivity index (χ4v) is 4.47. The summed E-state index contributed by atoms with van der Waals surface area (Å²) in [5, 5.41) is 5.27. The molecule has 8 nitrogen and oxygen atoms in total. The van der Waals surface area contributed by atoms with Crippen LogP contribution in [-0.2, 0) is 17.9 Å². The number of fused-ring (bicyclic) bond motifs is 1.